The van der Waals surface area contributed by atoms with Crippen molar-refractivity contribution >= 4 is 28.1 Å². The van der Waals surface area contributed by atoms with Crippen LogP contribution in [0.25, 0.3) is 10.9 Å². The number of benzene rings is 1. The zero-order valence-electron chi connectivity index (χ0n) is 10.3. The minimum absolute atomic E-state index is 0.0484. The van der Waals surface area contributed by atoms with Crippen LogP contribution in [0, 0.1) is 0 Å². The van der Waals surface area contributed by atoms with Gasteiger partial charge in [0, 0.05) is 22.3 Å². The number of hydrogen-bond donors (Lipinski definition) is 2. The number of carbonyl (C=O) groups excluding carboxylic acids is 1. The summed E-state index contributed by atoms with van der Waals surface area (Å²) in [4.78, 5) is 16.4. The van der Waals surface area contributed by atoms with Gasteiger partial charge < -0.3 is 10.3 Å². The van der Waals surface area contributed by atoms with Crippen molar-refractivity contribution in [2.45, 2.75) is 6.42 Å². The molecule has 0 unspecified atom stereocenters. The molecule has 0 spiro atoms. The first kappa shape index (κ1) is 12.0. The molecule has 2 N–H and O–H groups in total. The SMILES string of the molecule is O=C(NCCc1cccs1)c1cc2ccccc2[nH]1. The Morgan fingerprint density at radius 3 is 2.89 bits per heavy atom. The molecule has 2 heterocycles. The number of carbonyl (C=O) groups is 1. The van der Waals surface area contributed by atoms with E-state index in [2.05, 4.69) is 21.7 Å². The number of thiophene rings is 1. The first-order valence-electron chi connectivity index (χ1n) is 6.21. The van der Waals surface area contributed by atoms with E-state index in [1.807, 2.05) is 36.4 Å². The number of para-hydroxylation sites is 1. The average Bonchev–Trinajstić information content (AvgIpc) is 3.07. The highest BCUT2D eigenvalue weighted by Crippen LogP contribution is 2.14. The fourth-order valence-electron chi connectivity index (χ4n) is 2.04. The molecule has 3 nitrogen and oxygen atoms in total. The van der Waals surface area contributed by atoms with E-state index >= 15 is 0 Å². The van der Waals surface area contributed by atoms with Crippen LogP contribution in [0.1, 0.15) is 15.4 Å². The molecule has 3 aromatic rings. The molecule has 0 saturated heterocycles. The number of aromatic nitrogens is 1. The van der Waals surface area contributed by atoms with Crippen LogP contribution in [-0.4, -0.2) is 17.4 Å². The van der Waals surface area contributed by atoms with Crippen molar-refractivity contribution in [3.05, 3.63) is 58.4 Å². The van der Waals surface area contributed by atoms with Crippen LogP contribution in [0.2, 0.25) is 0 Å². The van der Waals surface area contributed by atoms with E-state index < -0.39 is 0 Å². The molecule has 19 heavy (non-hydrogen) atoms. The number of H-pyrrole nitrogens is 1. The van der Waals surface area contributed by atoms with Gasteiger partial charge in [0.25, 0.3) is 5.91 Å². The highest BCUT2D eigenvalue weighted by atomic mass is 32.1. The molecule has 96 valence electrons. The third-order valence-corrected chi connectivity index (χ3v) is 3.95. The van der Waals surface area contributed by atoms with Crippen LogP contribution in [0.5, 0.6) is 0 Å². The van der Waals surface area contributed by atoms with Gasteiger partial charge in [0.1, 0.15) is 5.69 Å². The Labute approximate surface area is 115 Å². The van der Waals surface area contributed by atoms with Gasteiger partial charge in [-0.05, 0) is 30.0 Å². The maximum Gasteiger partial charge on any atom is 0.267 e. The lowest BCUT2D eigenvalue weighted by atomic mass is 10.2. The lowest BCUT2D eigenvalue weighted by Gasteiger charge is -2.01. The summed E-state index contributed by atoms with van der Waals surface area (Å²) >= 11 is 1.72. The summed E-state index contributed by atoms with van der Waals surface area (Å²) in [6.07, 6.45) is 0.879. The van der Waals surface area contributed by atoms with Gasteiger partial charge in [-0.1, -0.05) is 24.3 Å². The van der Waals surface area contributed by atoms with E-state index in [-0.39, 0.29) is 5.91 Å². The Bertz CT molecular complexity index is 652. The predicted octanol–water partition coefficient (Wildman–Crippen LogP) is 3.20. The van der Waals surface area contributed by atoms with Crippen molar-refractivity contribution in [1.29, 1.82) is 0 Å². The van der Waals surface area contributed by atoms with Gasteiger partial charge in [-0.2, -0.15) is 0 Å². The molecular formula is C15H14N2OS. The number of amides is 1. The average molecular weight is 270 g/mol. The first-order valence-corrected chi connectivity index (χ1v) is 7.09. The molecule has 1 amide bonds. The summed E-state index contributed by atoms with van der Waals surface area (Å²) in [5, 5.41) is 6.05. The van der Waals surface area contributed by atoms with Crippen molar-refractivity contribution in [3.8, 4) is 0 Å². The van der Waals surface area contributed by atoms with E-state index in [4.69, 9.17) is 0 Å². The summed E-state index contributed by atoms with van der Waals surface area (Å²) in [6.45, 7) is 0.661. The van der Waals surface area contributed by atoms with Gasteiger partial charge in [-0.3, -0.25) is 4.79 Å². The largest absolute Gasteiger partial charge is 0.351 e. The Morgan fingerprint density at radius 2 is 2.11 bits per heavy atom. The number of nitrogens with one attached hydrogen (secondary N) is 2. The first-order chi connectivity index (χ1) is 9.33. The predicted molar refractivity (Wildman–Crippen MR) is 78.7 cm³/mol. The van der Waals surface area contributed by atoms with Crippen molar-refractivity contribution in [2.24, 2.45) is 0 Å². The summed E-state index contributed by atoms with van der Waals surface area (Å²) < 4.78 is 0. The van der Waals surface area contributed by atoms with Crippen LogP contribution in [0.3, 0.4) is 0 Å². The molecule has 0 bridgehead atoms. The minimum atomic E-state index is -0.0484. The normalized spacial score (nSPS) is 10.7. The molecule has 1 aromatic carbocycles. The lowest BCUT2D eigenvalue weighted by molar-refractivity contribution is 0.0950. The zero-order valence-corrected chi connectivity index (χ0v) is 11.2. The Morgan fingerprint density at radius 1 is 1.21 bits per heavy atom. The maximum atomic E-state index is 12.0. The minimum Gasteiger partial charge on any atom is -0.351 e. The monoisotopic (exact) mass is 270 g/mol. The number of rotatable bonds is 4. The molecule has 0 aliphatic heterocycles. The van der Waals surface area contributed by atoms with Crippen LogP contribution in [0.4, 0.5) is 0 Å². The standard InChI is InChI=1S/C15H14N2OS/c18-15(16-8-7-12-5-3-9-19-12)14-10-11-4-1-2-6-13(11)17-14/h1-6,9-10,17H,7-8H2,(H,16,18). The molecule has 0 radical (unpaired) electrons. The van der Waals surface area contributed by atoms with Crippen LogP contribution < -0.4 is 5.32 Å². The Balaban J connectivity index is 1.63. The number of aromatic amines is 1. The quantitative estimate of drug-likeness (QED) is 0.751. The fraction of sp³-hybridized carbons (Fsp3) is 0.133. The van der Waals surface area contributed by atoms with Gasteiger partial charge in [0.05, 0.1) is 0 Å². The zero-order chi connectivity index (χ0) is 13.1. The smallest absolute Gasteiger partial charge is 0.267 e. The molecule has 0 aliphatic rings. The van der Waals surface area contributed by atoms with Crippen LogP contribution in [0.15, 0.2) is 47.8 Å². The molecule has 0 aliphatic carbocycles. The van der Waals surface area contributed by atoms with Gasteiger partial charge in [0.15, 0.2) is 0 Å². The van der Waals surface area contributed by atoms with E-state index in [0.29, 0.717) is 12.2 Å². The Hall–Kier alpha value is -2.07. The number of hydrogen-bond acceptors (Lipinski definition) is 2. The second-order valence-corrected chi connectivity index (χ2v) is 5.39. The molecular weight excluding hydrogens is 256 g/mol. The second kappa shape index (κ2) is 5.28. The van der Waals surface area contributed by atoms with Crippen LogP contribution >= 0.6 is 11.3 Å². The van der Waals surface area contributed by atoms with Gasteiger partial charge in [-0.15, -0.1) is 11.3 Å². The van der Waals surface area contributed by atoms with Gasteiger partial charge in [-0.25, -0.2) is 0 Å². The summed E-state index contributed by atoms with van der Waals surface area (Å²) in [5.74, 6) is -0.0484. The molecule has 2 aromatic heterocycles. The molecule has 0 fully saturated rings. The Kier molecular flexibility index (Phi) is 3.33. The van der Waals surface area contributed by atoms with Gasteiger partial charge >= 0.3 is 0 Å². The number of fused-ring (bicyclic) bond motifs is 1. The maximum absolute atomic E-state index is 12.0. The molecule has 4 heteroatoms. The third kappa shape index (κ3) is 2.69. The van der Waals surface area contributed by atoms with E-state index in [1.54, 1.807) is 11.3 Å². The summed E-state index contributed by atoms with van der Waals surface area (Å²) in [6, 6.07) is 13.9. The summed E-state index contributed by atoms with van der Waals surface area (Å²) in [5.41, 5.74) is 1.61. The summed E-state index contributed by atoms with van der Waals surface area (Å²) in [7, 11) is 0. The second-order valence-electron chi connectivity index (χ2n) is 4.36. The van der Waals surface area contributed by atoms with Gasteiger partial charge in [0.2, 0.25) is 0 Å². The highest BCUT2D eigenvalue weighted by Gasteiger charge is 2.08. The van der Waals surface area contributed by atoms with Crippen molar-refractivity contribution in [3.63, 3.8) is 0 Å². The van der Waals surface area contributed by atoms with Crippen molar-refractivity contribution < 1.29 is 4.79 Å². The van der Waals surface area contributed by atoms with E-state index in [0.717, 1.165) is 17.3 Å². The van der Waals surface area contributed by atoms with Crippen molar-refractivity contribution in [1.82, 2.24) is 10.3 Å². The molecule has 0 saturated carbocycles. The van der Waals surface area contributed by atoms with Crippen molar-refractivity contribution in [2.75, 3.05) is 6.54 Å². The lowest BCUT2D eigenvalue weighted by Crippen LogP contribution is -2.25. The third-order valence-electron chi connectivity index (χ3n) is 3.01. The molecule has 0 atom stereocenters. The van der Waals surface area contributed by atoms with Crippen LogP contribution in [-0.2, 0) is 6.42 Å². The van der Waals surface area contributed by atoms with E-state index in [1.165, 1.54) is 4.88 Å². The molecule has 3 rings (SSSR count). The van der Waals surface area contributed by atoms with E-state index in [9.17, 15) is 4.79 Å². The topological polar surface area (TPSA) is 44.9 Å². The fourth-order valence-corrected chi connectivity index (χ4v) is 2.75. The highest BCUT2D eigenvalue weighted by molar-refractivity contribution is 7.09.